The fourth-order valence-electron chi connectivity index (χ4n) is 2.37. The van der Waals surface area contributed by atoms with E-state index < -0.39 is 0 Å². The largest absolute Gasteiger partial charge is 0.370 e. The van der Waals surface area contributed by atoms with Crippen LogP contribution < -0.4 is 5.32 Å². The molecule has 1 aliphatic carbocycles. The highest BCUT2D eigenvalue weighted by molar-refractivity contribution is 6.17. The SMILES string of the molecule is CCC(CCCl)CNc1ccc2c(n1)CCC2. The Morgan fingerprint density at radius 3 is 3.06 bits per heavy atom. The summed E-state index contributed by atoms with van der Waals surface area (Å²) in [6, 6.07) is 4.33. The number of hydrogen-bond donors (Lipinski definition) is 1. The predicted molar refractivity (Wildman–Crippen MR) is 73.9 cm³/mol. The van der Waals surface area contributed by atoms with E-state index >= 15 is 0 Å². The van der Waals surface area contributed by atoms with Gasteiger partial charge in [-0.3, -0.25) is 0 Å². The first-order valence-electron chi connectivity index (χ1n) is 6.62. The lowest BCUT2D eigenvalue weighted by Gasteiger charge is -2.15. The molecule has 17 heavy (non-hydrogen) atoms. The highest BCUT2D eigenvalue weighted by Gasteiger charge is 2.12. The topological polar surface area (TPSA) is 24.9 Å². The summed E-state index contributed by atoms with van der Waals surface area (Å²) in [6.07, 6.45) is 5.85. The number of anilines is 1. The van der Waals surface area contributed by atoms with Crippen molar-refractivity contribution in [3.63, 3.8) is 0 Å². The molecule has 3 heteroatoms. The van der Waals surface area contributed by atoms with Crippen LogP contribution in [0, 0.1) is 5.92 Å². The van der Waals surface area contributed by atoms with Crippen molar-refractivity contribution in [3.8, 4) is 0 Å². The molecule has 2 rings (SSSR count). The smallest absolute Gasteiger partial charge is 0.126 e. The third-order valence-corrected chi connectivity index (χ3v) is 3.81. The number of aryl methyl sites for hydroxylation is 2. The highest BCUT2D eigenvalue weighted by atomic mass is 35.5. The number of nitrogens with zero attached hydrogens (tertiary/aromatic N) is 1. The molecule has 0 spiro atoms. The van der Waals surface area contributed by atoms with Gasteiger partial charge in [0, 0.05) is 18.1 Å². The van der Waals surface area contributed by atoms with E-state index in [0.717, 1.165) is 31.1 Å². The Bertz CT molecular complexity index is 365. The molecule has 1 aromatic heterocycles. The number of aromatic nitrogens is 1. The zero-order valence-corrected chi connectivity index (χ0v) is 11.3. The second-order valence-corrected chi connectivity index (χ2v) is 5.17. The van der Waals surface area contributed by atoms with E-state index in [2.05, 4.69) is 29.4 Å². The molecule has 94 valence electrons. The van der Waals surface area contributed by atoms with Gasteiger partial charge in [0.2, 0.25) is 0 Å². The van der Waals surface area contributed by atoms with E-state index in [1.165, 1.54) is 30.5 Å². The van der Waals surface area contributed by atoms with Crippen LogP contribution >= 0.6 is 11.6 Å². The second kappa shape index (κ2) is 6.25. The lowest BCUT2D eigenvalue weighted by Crippen LogP contribution is -2.15. The van der Waals surface area contributed by atoms with Gasteiger partial charge in [0.05, 0.1) is 0 Å². The molecule has 1 heterocycles. The van der Waals surface area contributed by atoms with E-state index in [9.17, 15) is 0 Å². The summed E-state index contributed by atoms with van der Waals surface area (Å²) in [5.41, 5.74) is 2.73. The number of nitrogens with one attached hydrogen (secondary N) is 1. The van der Waals surface area contributed by atoms with E-state index in [0.29, 0.717) is 5.92 Å². The molecular formula is C14H21ClN2. The molecule has 1 atom stereocenters. The Morgan fingerprint density at radius 1 is 1.41 bits per heavy atom. The molecule has 2 nitrogen and oxygen atoms in total. The van der Waals surface area contributed by atoms with Crippen molar-refractivity contribution in [3.05, 3.63) is 23.4 Å². The average Bonchev–Trinajstić information content (AvgIpc) is 2.81. The number of hydrogen-bond acceptors (Lipinski definition) is 2. The van der Waals surface area contributed by atoms with Gasteiger partial charge >= 0.3 is 0 Å². The van der Waals surface area contributed by atoms with Gasteiger partial charge in [-0.2, -0.15) is 0 Å². The minimum absolute atomic E-state index is 0.655. The van der Waals surface area contributed by atoms with Gasteiger partial charge in [-0.05, 0) is 43.2 Å². The monoisotopic (exact) mass is 252 g/mol. The van der Waals surface area contributed by atoms with Gasteiger partial charge in [-0.25, -0.2) is 4.98 Å². The number of alkyl halides is 1. The van der Waals surface area contributed by atoms with Crippen LogP contribution in [-0.2, 0) is 12.8 Å². The zero-order chi connectivity index (χ0) is 12.1. The summed E-state index contributed by atoms with van der Waals surface area (Å²) in [7, 11) is 0. The van der Waals surface area contributed by atoms with Crippen molar-refractivity contribution in [1.82, 2.24) is 4.98 Å². The molecule has 0 amide bonds. The number of rotatable bonds is 6. The van der Waals surface area contributed by atoms with Crippen molar-refractivity contribution in [1.29, 1.82) is 0 Å². The van der Waals surface area contributed by atoms with Gasteiger partial charge in [-0.15, -0.1) is 11.6 Å². The third kappa shape index (κ3) is 3.35. The van der Waals surface area contributed by atoms with Crippen molar-refractivity contribution in [2.24, 2.45) is 5.92 Å². The molecular weight excluding hydrogens is 232 g/mol. The lowest BCUT2D eigenvalue weighted by atomic mass is 10.0. The molecule has 1 aliphatic rings. The van der Waals surface area contributed by atoms with Crippen LogP contribution in [0.3, 0.4) is 0 Å². The van der Waals surface area contributed by atoms with E-state index in [-0.39, 0.29) is 0 Å². The Kier molecular flexibility index (Phi) is 4.66. The van der Waals surface area contributed by atoms with Crippen molar-refractivity contribution in [2.75, 3.05) is 17.7 Å². The molecule has 0 saturated carbocycles. The van der Waals surface area contributed by atoms with Gasteiger partial charge in [0.25, 0.3) is 0 Å². The third-order valence-electron chi connectivity index (χ3n) is 3.59. The maximum absolute atomic E-state index is 5.79. The van der Waals surface area contributed by atoms with Gasteiger partial charge in [-0.1, -0.05) is 19.4 Å². The van der Waals surface area contributed by atoms with Crippen LogP contribution in [0.5, 0.6) is 0 Å². The lowest BCUT2D eigenvalue weighted by molar-refractivity contribution is 0.521. The molecule has 0 fully saturated rings. The van der Waals surface area contributed by atoms with Crippen molar-refractivity contribution >= 4 is 17.4 Å². The van der Waals surface area contributed by atoms with Crippen molar-refractivity contribution in [2.45, 2.75) is 39.0 Å². The normalized spacial score (nSPS) is 15.6. The molecule has 0 aromatic carbocycles. The summed E-state index contributed by atoms with van der Waals surface area (Å²) in [5.74, 6) is 2.43. The molecule has 0 aliphatic heterocycles. The first-order valence-corrected chi connectivity index (χ1v) is 7.15. The Labute approximate surface area is 109 Å². The maximum atomic E-state index is 5.79. The van der Waals surface area contributed by atoms with E-state index in [4.69, 9.17) is 11.6 Å². The Balaban J connectivity index is 1.90. The van der Waals surface area contributed by atoms with Crippen LogP contribution in [-0.4, -0.2) is 17.4 Å². The Morgan fingerprint density at radius 2 is 2.29 bits per heavy atom. The first-order chi connectivity index (χ1) is 8.33. The highest BCUT2D eigenvalue weighted by Crippen LogP contribution is 2.21. The summed E-state index contributed by atoms with van der Waals surface area (Å²) >= 11 is 5.79. The number of fused-ring (bicyclic) bond motifs is 1. The van der Waals surface area contributed by atoms with E-state index in [1.807, 2.05) is 0 Å². The fourth-order valence-corrected chi connectivity index (χ4v) is 2.68. The summed E-state index contributed by atoms with van der Waals surface area (Å²) < 4.78 is 0. The fraction of sp³-hybridized carbons (Fsp3) is 0.643. The van der Waals surface area contributed by atoms with E-state index in [1.54, 1.807) is 0 Å². The first kappa shape index (κ1) is 12.7. The summed E-state index contributed by atoms with van der Waals surface area (Å²) in [4.78, 5) is 4.68. The standard InChI is InChI=1S/C14H21ClN2/c1-2-11(8-9-15)10-16-14-7-6-12-4-3-5-13(12)17-14/h6-7,11H,2-5,8-10H2,1H3,(H,16,17). The predicted octanol–water partition coefficient (Wildman–Crippen LogP) is 3.64. The second-order valence-electron chi connectivity index (χ2n) is 4.79. The van der Waals surface area contributed by atoms with Crippen LogP contribution in [0.1, 0.15) is 37.4 Å². The minimum Gasteiger partial charge on any atom is -0.370 e. The molecule has 1 N–H and O–H groups in total. The van der Waals surface area contributed by atoms with Crippen LogP contribution in [0.25, 0.3) is 0 Å². The molecule has 1 aromatic rings. The van der Waals surface area contributed by atoms with Gasteiger partial charge < -0.3 is 5.32 Å². The quantitative estimate of drug-likeness (QED) is 0.782. The summed E-state index contributed by atoms with van der Waals surface area (Å²) in [6.45, 7) is 3.20. The maximum Gasteiger partial charge on any atom is 0.126 e. The minimum atomic E-state index is 0.655. The Hall–Kier alpha value is -0.760. The van der Waals surface area contributed by atoms with Crippen molar-refractivity contribution < 1.29 is 0 Å². The van der Waals surface area contributed by atoms with Crippen LogP contribution in [0.2, 0.25) is 0 Å². The molecule has 0 radical (unpaired) electrons. The molecule has 0 saturated heterocycles. The molecule has 0 bridgehead atoms. The van der Waals surface area contributed by atoms with Gasteiger partial charge in [0.1, 0.15) is 5.82 Å². The van der Waals surface area contributed by atoms with Gasteiger partial charge in [0.15, 0.2) is 0 Å². The number of halogens is 1. The number of pyridine rings is 1. The zero-order valence-electron chi connectivity index (χ0n) is 10.5. The summed E-state index contributed by atoms with van der Waals surface area (Å²) in [5, 5.41) is 3.44. The average molecular weight is 253 g/mol. The van der Waals surface area contributed by atoms with Crippen LogP contribution in [0.4, 0.5) is 5.82 Å². The molecule has 1 unspecified atom stereocenters. The van der Waals surface area contributed by atoms with Crippen LogP contribution in [0.15, 0.2) is 12.1 Å².